The third kappa shape index (κ3) is 6.72. The van der Waals surface area contributed by atoms with Crippen LogP contribution in [0.4, 0.5) is 0 Å². The Morgan fingerprint density at radius 1 is 0.862 bits per heavy atom. The molecule has 8 nitrogen and oxygen atoms in total. The Balaban J connectivity index is 1.80. The molecule has 2 amide bonds. The quantitative estimate of drug-likeness (QED) is 0.499. The number of amides is 2. The van der Waals surface area contributed by atoms with E-state index in [1.54, 1.807) is 24.3 Å². The van der Waals surface area contributed by atoms with Gasteiger partial charge in [-0.1, -0.05) is 0 Å². The van der Waals surface area contributed by atoms with Crippen LogP contribution >= 0.6 is 0 Å². The molecule has 9 heteroatoms. The maximum absolute atomic E-state index is 12.1. The number of hydrogen-bond acceptors (Lipinski definition) is 6. The van der Waals surface area contributed by atoms with Gasteiger partial charge in [0.2, 0.25) is 5.91 Å². The van der Waals surface area contributed by atoms with Gasteiger partial charge in [-0.25, -0.2) is 8.42 Å². The Hall–Kier alpha value is -3.20. The van der Waals surface area contributed by atoms with Gasteiger partial charge in [-0.3, -0.25) is 25.2 Å². The molecular formula is C20H22N2O6S. The first-order chi connectivity index (χ1) is 13.7. The van der Waals surface area contributed by atoms with Crippen molar-refractivity contribution in [3.8, 4) is 5.75 Å². The van der Waals surface area contributed by atoms with Crippen LogP contribution in [0.15, 0.2) is 53.4 Å². The second kappa shape index (κ2) is 9.83. The molecule has 2 aromatic rings. The van der Waals surface area contributed by atoms with Gasteiger partial charge in [0, 0.05) is 30.2 Å². The predicted octanol–water partition coefficient (Wildman–Crippen LogP) is 1.91. The van der Waals surface area contributed by atoms with E-state index in [-0.39, 0.29) is 29.1 Å². The molecule has 0 spiro atoms. The summed E-state index contributed by atoms with van der Waals surface area (Å²) in [6.45, 7) is 2.39. The highest BCUT2D eigenvalue weighted by Crippen LogP contribution is 2.14. The first-order valence-corrected chi connectivity index (χ1v) is 10.7. The van der Waals surface area contributed by atoms with Gasteiger partial charge in [0.05, 0.1) is 11.5 Å². The van der Waals surface area contributed by atoms with Crippen LogP contribution in [0.5, 0.6) is 5.75 Å². The maximum atomic E-state index is 12.1. The van der Waals surface area contributed by atoms with Crippen molar-refractivity contribution in [1.82, 2.24) is 10.9 Å². The Morgan fingerprint density at radius 3 is 2.00 bits per heavy atom. The molecule has 0 aliphatic carbocycles. The van der Waals surface area contributed by atoms with Gasteiger partial charge in [-0.05, 0) is 55.5 Å². The monoisotopic (exact) mass is 418 g/mol. The zero-order valence-electron chi connectivity index (χ0n) is 16.1. The molecule has 0 heterocycles. The molecule has 0 aliphatic rings. The van der Waals surface area contributed by atoms with Gasteiger partial charge in [0.25, 0.3) is 5.91 Å². The van der Waals surface area contributed by atoms with E-state index < -0.39 is 21.7 Å². The van der Waals surface area contributed by atoms with Gasteiger partial charge in [-0.2, -0.15) is 0 Å². The van der Waals surface area contributed by atoms with Gasteiger partial charge in [-0.15, -0.1) is 0 Å². The summed E-state index contributed by atoms with van der Waals surface area (Å²) in [5.74, 6) is -0.665. The first kappa shape index (κ1) is 22.1. The minimum Gasteiger partial charge on any atom is -0.494 e. The highest BCUT2D eigenvalue weighted by molar-refractivity contribution is 7.90. The van der Waals surface area contributed by atoms with E-state index in [9.17, 15) is 22.8 Å². The number of nitrogens with one attached hydrogen (secondary N) is 2. The number of carbonyl (C=O) groups excluding carboxylic acids is 3. The van der Waals surface area contributed by atoms with Crippen LogP contribution < -0.4 is 15.6 Å². The van der Waals surface area contributed by atoms with Crippen molar-refractivity contribution in [1.29, 1.82) is 0 Å². The molecule has 0 saturated heterocycles. The fourth-order valence-electron chi connectivity index (χ4n) is 2.39. The van der Waals surface area contributed by atoms with E-state index in [1.807, 2.05) is 6.92 Å². The highest BCUT2D eigenvalue weighted by atomic mass is 32.2. The first-order valence-electron chi connectivity index (χ1n) is 8.86. The minimum absolute atomic E-state index is 0.0151. The molecule has 0 atom stereocenters. The van der Waals surface area contributed by atoms with Crippen molar-refractivity contribution < 1.29 is 27.5 Å². The molecule has 29 heavy (non-hydrogen) atoms. The lowest BCUT2D eigenvalue weighted by Gasteiger charge is -2.08. The standard InChI is InChI=1S/C20H22N2O6S/c1-3-28-16-8-4-14(5-9-16)18(23)12-13-19(24)21-22-20(25)15-6-10-17(11-7-15)29(2,26)27/h4-11H,3,12-13H2,1-2H3,(H,21,24)(H,22,25). The van der Waals surface area contributed by atoms with E-state index in [0.717, 1.165) is 6.26 Å². The van der Waals surface area contributed by atoms with E-state index >= 15 is 0 Å². The number of ketones is 1. The van der Waals surface area contributed by atoms with Crippen LogP contribution in [0.1, 0.15) is 40.5 Å². The molecular weight excluding hydrogens is 396 g/mol. The van der Waals surface area contributed by atoms with E-state index in [2.05, 4.69) is 10.9 Å². The van der Waals surface area contributed by atoms with Gasteiger partial charge >= 0.3 is 0 Å². The molecule has 0 fully saturated rings. The number of rotatable bonds is 8. The van der Waals surface area contributed by atoms with Crippen LogP contribution in [0.2, 0.25) is 0 Å². The largest absolute Gasteiger partial charge is 0.494 e. The molecule has 0 radical (unpaired) electrons. The van der Waals surface area contributed by atoms with E-state index in [4.69, 9.17) is 4.74 Å². The minimum atomic E-state index is -3.36. The topological polar surface area (TPSA) is 119 Å². The van der Waals surface area contributed by atoms with Crippen molar-refractivity contribution in [2.45, 2.75) is 24.7 Å². The van der Waals surface area contributed by atoms with Gasteiger partial charge in [0.1, 0.15) is 5.75 Å². The summed E-state index contributed by atoms with van der Waals surface area (Å²) in [6, 6.07) is 11.9. The molecule has 0 aromatic heterocycles. The maximum Gasteiger partial charge on any atom is 0.269 e. The smallest absolute Gasteiger partial charge is 0.269 e. The Morgan fingerprint density at radius 2 is 1.45 bits per heavy atom. The lowest BCUT2D eigenvalue weighted by atomic mass is 10.1. The summed E-state index contributed by atoms with van der Waals surface area (Å²) in [4.78, 5) is 36.1. The Kier molecular flexibility index (Phi) is 7.49. The molecule has 0 unspecified atom stereocenters. The van der Waals surface area contributed by atoms with Crippen LogP contribution in [-0.2, 0) is 14.6 Å². The van der Waals surface area contributed by atoms with Crippen molar-refractivity contribution in [2.24, 2.45) is 0 Å². The van der Waals surface area contributed by atoms with Crippen LogP contribution in [0.25, 0.3) is 0 Å². The number of benzene rings is 2. The van der Waals surface area contributed by atoms with E-state index in [1.165, 1.54) is 24.3 Å². The van der Waals surface area contributed by atoms with Crippen LogP contribution in [0, 0.1) is 0 Å². The summed E-state index contributed by atoms with van der Waals surface area (Å²) in [7, 11) is -3.36. The molecule has 2 aromatic carbocycles. The Labute approximate surface area is 169 Å². The van der Waals surface area contributed by atoms with Crippen LogP contribution in [-0.4, -0.2) is 38.9 Å². The fourth-order valence-corrected chi connectivity index (χ4v) is 3.02. The average Bonchev–Trinajstić information content (AvgIpc) is 2.70. The van der Waals surface area contributed by atoms with Crippen molar-refractivity contribution in [2.75, 3.05) is 12.9 Å². The normalized spacial score (nSPS) is 10.8. The zero-order valence-corrected chi connectivity index (χ0v) is 16.9. The Bertz CT molecular complexity index is 983. The summed E-state index contributed by atoms with van der Waals surface area (Å²) < 4.78 is 28.1. The fraction of sp³-hybridized carbons (Fsp3) is 0.250. The molecule has 0 bridgehead atoms. The summed E-state index contributed by atoms with van der Waals surface area (Å²) in [5.41, 5.74) is 5.11. The average molecular weight is 418 g/mol. The third-order valence-corrected chi connectivity index (χ3v) is 5.05. The third-order valence-electron chi connectivity index (χ3n) is 3.93. The number of hydrogen-bond donors (Lipinski definition) is 2. The summed E-state index contributed by atoms with van der Waals surface area (Å²) >= 11 is 0. The summed E-state index contributed by atoms with van der Waals surface area (Å²) in [6.07, 6.45) is 0.953. The lowest BCUT2D eigenvalue weighted by molar-refractivity contribution is -0.121. The van der Waals surface area contributed by atoms with Crippen molar-refractivity contribution in [3.05, 3.63) is 59.7 Å². The summed E-state index contributed by atoms with van der Waals surface area (Å²) in [5, 5.41) is 0. The number of hydrazine groups is 1. The van der Waals surface area contributed by atoms with Crippen LogP contribution in [0.3, 0.4) is 0 Å². The van der Waals surface area contributed by atoms with E-state index in [0.29, 0.717) is 17.9 Å². The lowest BCUT2D eigenvalue weighted by Crippen LogP contribution is -2.41. The van der Waals surface area contributed by atoms with Crippen molar-refractivity contribution >= 4 is 27.4 Å². The second-order valence-electron chi connectivity index (χ2n) is 6.18. The molecule has 2 N–H and O–H groups in total. The second-order valence-corrected chi connectivity index (χ2v) is 8.20. The molecule has 154 valence electrons. The highest BCUT2D eigenvalue weighted by Gasteiger charge is 2.12. The SMILES string of the molecule is CCOc1ccc(C(=O)CCC(=O)NNC(=O)c2ccc(S(C)(=O)=O)cc2)cc1. The molecule has 0 saturated carbocycles. The number of carbonyl (C=O) groups is 3. The molecule has 0 aliphatic heterocycles. The van der Waals surface area contributed by atoms with Gasteiger partial charge < -0.3 is 4.74 Å². The number of Topliss-reactive ketones (excluding diaryl/α,β-unsaturated/α-hetero) is 1. The van der Waals surface area contributed by atoms with Gasteiger partial charge in [0.15, 0.2) is 15.6 Å². The molecule has 2 rings (SSSR count). The van der Waals surface area contributed by atoms with Crippen molar-refractivity contribution in [3.63, 3.8) is 0 Å². The zero-order chi connectivity index (χ0) is 21.4. The number of sulfone groups is 1. The number of ether oxygens (including phenoxy) is 1. The predicted molar refractivity (Wildman–Crippen MR) is 106 cm³/mol.